The van der Waals surface area contributed by atoms with Gasteiger partial charge in [-0.05, 0) is 55.7 Å². The lowest BCUT2D eigenvalue weighted by molar-refractivity contribution is -0.143. The molecule has 1 aliphatic heterocycles. The fraction of sp³-hybridized carbons (Fsp3) is 0.407. The number of fused-ring (bicyclic) bond motifs is 2. The highest BCUT2D eigenvalue weighted by atomic mass is 16.7. The lowest BCUT2D eigenvalue weighted by Gasteiger charge is -2.23. The number of amides is 1. The minimum atomic E-state index is -0.673. The Morgan fingerprint density at radius 2 is 1.78 bits per heavy atom. The Morgan fingerprint density at radius 3 is 2.57 bits per heavy atom. The van der Waals surface area contributed by atoms with Crippen molar-refractivity contribution in [2.75, 3.05) is 13.4 Å². The maximum Gasteiger partial charge on any atom is 0.332 e. The molecule has 0 radical (unpaired) electrons. The first-order chi connectivity index (χ1) is 17.9. The van der Waals surface area contributed by atoms with Gasteiger partial charge < -0.3 is 19.5 Å². The van der Waals surface area contributed by atoms with Crippen LogP contribution in [-0.2, 0) is 22.6 Å². The number of aromatic nitrogens is 2. The summed E-state index contributed by atoms with van der Waals surface area (Å²) in [6.45, 7) is 1.51. The van der Waals surface area contributed by atoms with Crippen LogP contribution in [0.25, 0.3) is 10.9 Å². The molecule has 0 unspecified atom stereocenters. The summed E-state index contributed by atoms with van der Waals surface area (Å²) in [6, 6.07) is 9.90. The molecule has 1 aromatic heterocycles. The molecule has 1 saturated carbocycles. The van der Waals surface area contributed by atoms with Crippen LogP contribution in [-0.4, -0.2) is 40.5 Å². The van der Waals surface area contributed by atoms with Gasteiger partial charge in [0, 0.05) is 11.6 Å². The summed E-state index contributed by atoms with van der Waals surface area (Å²) < 4.78 is 18.1. The second kappa shape index (κ2) is 10.5. The molecule has 0 atom stereocenters. The van der Waals surface area contributed by atoms with E-state index < -0.39 is 23.8 Å². The van der Waals surface area contributed by atoms with Gasteiger partial charge in [-0.3, -0.25) is 23.5 Å². The van der Waals surface area contributed by atoms with Crippen molar-refractivity contribution in [1.82, 2.24) is 14.5 Å². The van der Waals surface area contributed by atoms with Crippen molar-refractivity contribution in [3.63, 3.8) is 0 Å². The van der Waals surface area contributed by atoms with E-state index in [1.807, 2.05) is 0 Å². The number of hydrogen-bond donors (Lipinski definition) is 1. The highest BCUT2D eigenvalue weighted by Gasteiger charge is 2.21. The molecular weight excluding hydrogens is 478 g/mol. The first kappa shape index (κ1) is 24.6. The van der Waals surface area contributed by atoms with Crippen molar-refractivity contribution in [3.05, 3.63) is 68.4 Å². The Balaban J connectivity index is 1.55. The Bertz CT molecular complexity index is 1470. The third-order valence-electron chi connectivity index (χ3n) is 6.80. The summed E-state index contributed by atoms with van der Waals surface area (Å²) in [4.78, 5) is 52.3. The second-order valence-electron chi connectivity index (χ2n) is 9.29. The van der Waals surface area contributed by atoms with Crippen molar-refractivity contribution in [3.8, 4) is 11.5 Å². The molecule has 10 nitrogen and oxygen atoms in total. The zero-order valence-corrected chi connectivity index (χ0v) is 20.7. The van der Waals surface area contributed by atoms with Gasteiger partial charge in [-0.15, -0.1) is 0 Å². The molecule has 1 amide bonds. The molecule has 1 aliphatic carbocycles. The number of benzene rings is 2. The molecule has 194 valence electrons. The van der Waals surface area contributed by atoms with E-state index in [9.17, 15) is 19.2 Å². The fourth-order valence-corrected chi connectivity index (χ4v) is 4.92. The molecule has 5 rings (SSSR count). The average molecular weight is 508 g/mol. The molecule has 0 saturated heterocycles. The van der Waals surface area contributed by atoms with Crippen LogP contribution in [0.15, 0.2) is 46.0 Å². The lowest BCUT2D eigenvalue weighted by Crippen LogP contribution is -2.42. The Morgan fingerprint density at radius 1 is 1.00 bits per heavy atom. The maximum atomic E-state index is 13.5. The van der Waals surface area contributed by atoms with Crippen molar-refractivity contribution < 1.29 is 23.8 Å². The van der Waals surface area contributed by atoms with Crippen molar-refractivity contribution >= 4 is 22.8 Å². The zero-order valence-electron chi connectivity index (χ0n) is 20.7. The number of rotatable bonds is 7. The van der Waals surface area contributed by atoms with Crippen molar-refractivity contribution in [1.29, 1.82) is 0 Å². The number of ether oxygens (including phenoxy) is 3. The predicted octanol–water partition coefficient (Wildman–Crippen LogP) is 2.57. The van der Waals surface area contributed by atoms with Crippen LogP contribution in [0.3, 0.4) is 0 Å². The molecule has 1 N–H and O–H groups in total. The minimum Gasteiger partial charge on any atom is -0.465 e. The second-order valence-corrected chi connectivity index (χ2v) is 9.29. The van der Waals surface area contributed by atoms with E-state index in [0.29, 0.717) is 22.6 Å². The number of carbonyl (C=O) groups is 2. The topological polar surface area (TPSA) is 118 Å². The molecule has 3 aromatic rings. The predicted molar refractivity (Wildman–Crippen MR) is 135 cm³/mol. The number of nitrogens with one attached hydrogen (secondary N) is 1. The van der Waals surface area contributed by atoms with Gasteiger partial charge in [-0.25, -0.2) is 4.79 Å². The summed E-state index contributed by atoms with van der Waals surface area (Å²) >= 11 is 0. The van der Waals surface area contributed by atoms with E-state index >= 15 is 0 Å². The Kier molecular flexibility index (Phi) is 6.98. The van der Waals surface area contributed by atoms with E-state index in [2.05, 4.69) is 5.32 Å². The van der Waals surface area contributed by atoms with Crippen molar-refractivity contribution in [2.45, 2.75) is 58.2 Å². The first-order valence-corrected chi connectivity index (χ1v) is 12.6. The van der Waals surface area contributed by atoms with E-state index in [0.717, 1.165) is 30.3 Å². The van der Waals surface area contributed by atoms with Crippen LogP contribution in [0.2, 0.25) is 0 Å². The van der Waals surface area contributed by atoms with Gasteiger partial charge in [0.2, 0.25) is 6.79 Å². The standard InChI is InChI=1S/C27H29N3O7/c1-2-35-24(31)15-29-21-13-18(25(32)28-19-6-4-3-5-7-19)9-10-20(21)26(33)30(27(29)34)14-17-8-11-22-23(12-17)37-16-36-22/h8-13,19H,2-7,14-16H2,1H3,(H,28,32). The number of nitrogens with zero attached hydrogens (tertiary/aromatic N) is 2. The van der Waals surface area contributed by atoms with Gasteiger partial charge in [0.25, 0.3) is 11.5 Å². The molecule has 37 heavy (non-hydrogen) atoms. The number of hydrogen-bond acceptors (Lipinski definition) is 7. The number of carbonyl (C=O) groups excluding carboxylic acids is 2. The molecule has 0 spiro atoms. The van der Waals surface area contributed by atoms with Gasteiger partial charge >= 0.3 is 11.7 Å². The Hall–Kier alpha value is -4.08. The molecule has 10 heteroatoms. The minimum absolute atomic E-state index is 0.0308. The quantitative estimate of drug-likeness (QED) is 0.489. The first-order valence-electron chi connectivity index (χ1n) is 12.6. The van der Waals surface area contributed by atoms with Crippen molar-refractivity contribution in [2.24, 2.45) is 0 Å². The Labute approximate surface area is 212 Å². The maximum absolute atomic E-state index is 13.5. The third kappa shape index (κ3) is 5.09. The number of esters is 1. The van der Waals surface area contributed by atoms with Crippen LogP contribution in [0.1, 0.15) is 54.9 Å². The van der Waals surface area contributed by atoms with Crippen LogP contribution >= 0.6 is 0 Å². The average Bonchev–Trinajstić information content (AvgIpc) is 3.37. The molecule has 2 aromatic carbocycles. The third-order valence-corrected chi connectivity index (χ3v) is 6.80. The molecule has 1 fully saturated rings. The zero-order chi connectivity index (χ0) is 25.9. The lowest BCUT2D eigenvalue weighted by atomic mass is 9.95. The van der Waals surface area contributed by atoms with E-state index in [4.69, 9.17) is 14.2 Å². The van der Waals surface area contributed by atoms with Crippen LogP contribution in [0.5, 0.6) is 11.5 Å². The van der Waals surface area contributed by atoms with Crippen LogP contribution in [0, 0.1) is 0 Å². The highest BCUT2D eigenvalue weighted by Crippen LogP contribution is 2.32. The summed E-state index contributed by atoms with van der Waals surface area (Å²) in [6.07, 6.45) is 5.17. The monoisotopic (exact) mass is 507 g/mol. The molecule has 2 aliphatic rings. The van der Waals surface area contributed by atoms with Crippen LogP contribution < -0.4 is 26.0 Å². The van der Waals surface area contributed by atoms with Gasteiger partial charge in [0.15, 0.2) is 11.5 Å². The fourth-order valence-electron chi connectivity index (χ4n) is 4.92. The summed E-state index contributed by atoms with van der Waals surface area (Å²) in [5.74, 6) is 0.241. The summed E-state index contributed by atoms with van der Waals surface area (Å²) in [7, 11) is 0. The van der Waals surface area contributed by atoms with E-state index in [1.165, 1.54) is 23.1 Å². The smallest absolute Gasteiger partial charge is 0.332 e. The van der Waals surface area contributed by atoms with Gasteiger partial charge in [-0.2, -0.15) is 0 Å². The summed E-state index contributed by atoms with van der Waals surface area (Å²) in [5, 5.41) is 3.27. The van der Waals surface area contributed by atoms with E-state index in [-0.39, 0.29) is 42.8 Å². The van der Waals surface area contributed by atoms with Gasteiger partial charge in [-0.1, -0.05) is 25.3 Å². The summed E-state index contributed by atoms with van der Waals surface area (Å²) in [5.41, 5.74) is 0.00308. The highest BCUT2D eigenvalue weighted by molar-refractivity contribution is 5.98. The molecule has 2 heterocycles. The van der Waals surface area contributed by atoms with Gasteiger partial charge in [0.1, 0.15) is 6.54 Å². The SMILES string of the molecule is CCOC(=O)Cn1c(=O)n(Cc2ccc3c(c2)OCO3)c(=O)c2ccc(C(=O)NC3CCCCC3)cc21. The molecule has 0 bridgehead atoms. The molecular formula is C27H29N3O7. The van der Waals surface area contributed by atoms with E-state index in [1.54, 1.807) is 31.2 Å². The van der Waals surface area contributed by atoms with Crippen LogP contribution in [0.4, 0.5) is 0 Å². The van der Waals surface area contributed by atoms with Gasteiger partial charge in [0.05, 0.1) is 24.1 Å². The normalized spacial score (nSPS) is 15.1. The largest absolute Gasteiger partial charge is 0.465 e.